The van der Waals surface area contributed by atoms with Crippen molar-refractivity contribution >= 4 is 76.4 Å². The van der Waals surface area contributed by atoms with Gasteiger partial charge in [-0.15, -0.1) is 0 Å². The molecule has 0 aliphatic carbocycles. The molecule has 7 aromatic carbocycles. The minimum atomic E-state index is 0.599. The van der Waals surface area contributed by atoms with Crippen LogP contribution in [0.2, 0.25) is 0 Å². The van der Waals surface area contributed by atoms with Crippen LogP contribution in [0, 0.1) is 0 Å². The van der Waals surface area contributed by atoms with Crippen LogP contribution in [0.15, 0.2) is 142 Å². The van der Waals surface area contributed by atoms with Crippen molar-refractivity contribution in [2.45, 2.75) is 0 Å². The summed E-state index contributed by atoms with van der Waals surface area (Å²) >= 11 is 0. The van der Waals surface area contributed by atoms with Gasteiger partial charge in [-0.3, -0.25) is 0 Å². The van der Waals surface area contributed by atoms with E-state index in [0.717, 1.165) is 49.8 Å². The van der Waals surface area contributed by atoms with Gasteiger partial charge in [0.1, 0.15) is 16.7 Å². The average molecular weight is 551 g/mol. The van der Waals surface area contributed by atoms with E-state index in [9.17, 15) is 0 Å². The van der Waals surface area contributed by atoms with Gasteiger partial charge in [-0.1, -0.05) is 78.9 Å². The lowest BCUT2D eigenvalue weighted by Crippen LogP contribution is -1.94. The molecule has 0 saturated carbocycles. The summed E-state index contributed by atoms with van der Waals surface area (Å²) in [6, 6.07) is 46.9. The quantitative estimate of drug-likeness (QED) is 0.215. The lowest BCUT2D eigenvalue weighted by Gasteiger charge is -2.10. The molecule has 200 valence electrons. The van der Waals surface area contributed by atoms with Gasteiger partial charge in [-0.05, 0) is 76.1 Å². The highest BCUT2D eigenvalue weighted by Crippen LogP contribution is 2.41. The number of para-hydroxylation sites is 1. The van der Waals surface area contributed by atoms with Gasteiger partial charge >= 0.3 is 0 Å². The molecule has 3 heterocycles. The Morgan fingerprint density at radius 3 is 2.19 bits per heavy atom. The molecule has 0 saturated heterocycles. The molecule has 0 aliphatic rings. The van der Waals surface area contributed by atoms with Crippen LogP contribution in [-0.2, 0) is 0 Å². The Labute approximate surface area is 245 Å². The summed E-state index contributed by atoms with van der Waals surface area (Å²) in [6.45, 7) is 0. The zero-order valence-electron chi connectivity index (χ0n) is 22.9. The number of fused-ring (bicyclic) bond motifs is 11. The van der Waals surface area contributed by atoms with Gasteiger partial charge in [0.25, 0.3) is 0 Å². The normalized spacial score (nSPS) is 12.2. The van der Waals surface area contributed by atoms with Crippen LogP contribution >= 0.6 is 0 Å². The van der Waals surface area contributed by atoms with Gasteiger partial charge in [-0.2, -0.15) is 0 Å². The molecule has 0 radical (unpaired) electrons. The smallest absolute Gasteiger partial charge is 0.227 e. The first-order valence-corrected chi connectivity index (χ1v) is 14.5. The summed E-state index contributed by atoms with van der Waals surface area (Å²) in [7, 11) is 0. The molecule has 0 atom stereocenters. The molecule has 10 aromatic rings. The Balaban J connectivity index is 1.26. The van der Waals surface area contributed by atoms with Gasteiger partial charge in [0.15, 0.2) is 5.58 Å². The summed E-state index contributed by atoms with van der Waals surface area (Å²) in [5, 5.41) is 9.28. The van der Waals surface area contributed by atoms with Crippen molar-refractivity contribution in [3.63, 3.8) is 0 Å². The molecule has 4 nitrogen and oxygen atoms in total. The topological polar surface area (TPSA) is 44.1 Å². The second-order valence-electron chi connectivity index (χ2n) is 11.2. The fourth-order valence-electron chi connectivity index (χ4n) is 6.84. The third kappa shape index (κ3) is 3.18. The highest BCUT2D eigenvalue weighted by molar-refractivity contribution is 6.22. The van der Waals surface area contributed by atoms with Crippen LogP contribution < -0.4 is 0 Å². The van der Waals surface area contributed by atoms with E-state index in [1.807, 2.05) is 30.3 Å². The summed E-state index contributed by atoms with van der Waals surface area (Å²) in [4.78, 5) is 4.95. The molecule has 10 rings (SSSR count). The summed E-state index contributed by atoms with van der Waals surface area (Å²) in [5.41, 5.74) is 7.61. The zero-order chi connectivity index (χ0) is 28.1. The molecule has 4 heteroatoms. The molecule has 0 amide bonds. The predicted octanol–water partition coefficient (Wildman–Crippen LogP) is 10.8. The summed E-state index contributed by atoms with van der Waals surface area (Å²) in [6.07, 6.45) is 0. The number of hydrogen-bond donors (Lipinski definition) is 0. The summed E-state index contributed by atoms with van der Waals surface area (Å²) in [5.74, 6) is 0.599. The number of nitrogens with zero attached hydrogens (tertiary/aromatic N) is 2. The van der Waals surface area contributed by atoms with Crippen molar-refractivity contribution in [2.75, 3.05) is 0 Å². The van der Waals surface area contributed by atoms with Crippen molar-refractivity contribution < 1.29 is 8.83 Å². The SMILES string of the molecule is c1ccc2cc(-n3c4ccc(-c5nc6ccc7oc8ccccc8c7c6o5)cc4c4c5ccccc5ccc43)ccc2c1. The van der Waals surface area contributed by atoms with Gasteiger partial charge in [-0.25, -0.2) is 4.98 Å². The first kappa shape index (κ1) is 22.8. The number of rotatable bonds is 2. The van der Waals surface area contributed by atoms with Crippen LogP contribution in [0.25, 0.3) is 93.5 Å². The molecule has 0 N–H and O–H groups in total. The Kier molecular flexibility index (Phi) is 4.42. The Morgan fingerprint density at radius 2 is 1.26 bits per heavy atom. The Morgan fingerprint density at radius 1 is 0.488 bits per heavy atom. The number of aromatic nitrogens is 2. The monoisotopic (exact) mass is 550 g/mol. The molecule has 0 aliphatic heterocycles. The fourth-order valence-corrected chi connectivity index (χ4v) is 6.84. The zero-order valence-corrected chi connectivity index (χ0v) is 22.9. The number of furan rings is 1. The third-order valence-electron chi connectivity index (χ3n) is 8.79. The van der Waals surface area contributed by atoms with Crippen molar-refractivity contribution in [1.29, 1.82) is 0 Å². The first-order valence-electron chi connectivity index (χ1n) is 14.5. The van der Waals surface area contributed by atoms with E-state index < -0.39 is 0 Å². The van der Waals surface area contributed by atoms with Crippen LogP contribution in [0.1, 0.15) is 0 Å². The lowest BCUT2D eigenvalue weighted by molar-refractivity contribution is 0.622. The van der Waals surface area contributed by atoms with Gasteiger partial charge < -0.3 is 13.4 Å². The maximum Gasteiger partial charge on any atom is 0.227 e. The van der Waals surface area contributed by atoms with Crippen LogP contribution in [0.5, 0.6) is 0 Å². The highest BCUT2D eigenvalue weighted by atomic mass is 16.4. The van der Waals surface area contributed by atoms with Crippen molar-refractivity contribution in [2.24, 2.45) is 0 Å². The molecule has 0 unspecified atom stereocenters. The van der Waals surface area contributed by atoms with Crippen LogP contribution in [0.4, 0.5) is 0 Å². The van der Waals surface area contributed by atoms with Gasteiger partial charge in [0.05, 0.1) is 16.4 Å². The van der Waals surface area contributed by atoms with E-state index in [2.05, 4.69) is 108 Å². The Bertz CT molecular complexity index is 2740. The highest BCUT2D eigenvalue weighted by Gasteiger charge is 2.19. The maximum absolute atomic E-state index is 6.54. The van der Waals surface area contributed by atoms with E-state index in [1.54, 1.807) is 0 Å². The number of hydrogen-bond acceptors (Lipinski definition) is 3. The van der Waals surface area contributed by atoms with Crippen LogP contribution in [-0.4, -0.2) is 9.55 Å². The lowest BCUT2D eigenvalue weighted by atomic mass is 10.0. The van der Waals surface area contributed by atoms with E-state index in [4.69, 9.17) is 13.8 Å². The van der Waals surface area contributed by atoms with E-state index in [1.165, 1.54) is 37.8 Å². The van der Waals surface area contributed by atoms with E-state index in [-0.39, 0.29) is 0 Å². The third-order valence-corrected chi connectivity index (χ3v) is 8.79. The molecular formula is C39H22N2O2. The van der Waals surface area contributed by atoms with Crippen molar-refractivity contribution in [3.05, 3.63) is 133 Å². The fraction of sp³-hybridized carbons (Fsp3) is 0. The molecule has 3 aromatic heterocycles. The van der Waals surface area contributed by atoms with E-state index >= 15 is 0 Å². The van der Waals surface area contributed by atoms with Crippen molar-refractivity contribution in [3.8, 4) is 17.1 Å². The average Bonchev–Trinajstić information content (AvgIpc) is 3.75. The second kappa shape index (κ2) is 8.34. The minimum absolute atomic E-state index is 0.599. The van der Waals surface area contributed by atoms with Gasteiger partial charge in [0.2, 0.25) is 5.89 Å². The standard InChI is InChI=1S/C39H22N2O2/c1-2-9-25-21-27(16-13-23(25)7-1)41-32-18-15-26(22-30(32)36-28-10-4-3-8-24(28)14-19-33(36)41)39-40-31-17-20-35-37(38(31)43-39)29-11-5-6-12-34(29)42-35/h1-22H. The number of benzene rings is 7. The predicted molar refractivity (Wildman–Crippen MR) is 176 cm³/mol. The summed E-state index contributed by atoms with van der Waals surface area (Å²) < 4.78 is 15.0. The first-order chi connectivity index (χ1) is 21.3. The van der Waals surface area contributed by atoms with Crippen LogP contribution in [0.3, 0.4) is 0 Å². The molecular weight excluding hydrogens is 528 g/mol. The minimum Gasteiger partial charge on any atom is -0.456 e. The van der Waals surface area contributed by atoms with E-state index in [0.29, 0.717) is 5.89 Å². The van der Waals surface area contributed by atoms with Gasteiger partial charge in [0, 0.05) is 27.4 Å². The molecule has 0 spiro atoms. The molecule has 43 heavy (non-hydrogen) atoms. The second-order valence-corrected chi connectivity index (χ2v) is 11.2. The number of oxazole rings is 1. The van der Waals surface area contributed by atoms with Crippen molar-refractivity contribution in [1.82, 2.24) is 9.55 Å². The molecule has 0 bridgehead atoms. The molecule has 0 fully saturated rings. The largest absolute Gasteiger partial charge is 0.456 e. The maximum atomic E-state index is 6.54. The Hall–Kier alpha value is -5.87.